The second kappa shape index (κ2) is 4.48. The number of rotatable bonds is 2. The highest BCUT2D eigenvalue weighted by Crippen LogP contribution is 2.40. The first kappa shape index (κ1) is 13.9. The van der Waals surface area contributed by atoms with Crippen molar-refractivity contribution in [2.24, 2.45) is 0 Å². The van der Waals surface area contributed by atoms with Gasteiger partial charge in [0.25, 0.3) is 5.56 Å². The molecule has 1 saturated carbocycles. The monoisotopic (exact) mass is 299 g/mol. The van der Waals surface area contributed by atoms with Crippen molar-refractivity contribution >= 4 is 17.1 Å². The van der Waals surface area contributed by atoms with Crippen LogP contribution in [0, 0.1) is 0 Å². The minimum atomic E-state index is -1.95. The van der Waals surface area contributed by atoms with Crippen LogP contribution >= 0.6 is 0 Å². The third kappa shape index (κ3) is 1.91. The molecule has 21 heavy (non-hydrogen) atoms. The quantitative estimate of drug-likeness (QED) is 0.433. The van der Waals surface area contributed by atoms with Crippen molar-refractivity contribution in [2.45, 2.75) is 30.3 Å². The fraction of sp³-hybridized carbons (Fsp3) is 0.545. The molecule has 1 fully saturated rings. The van der Waals surface area contributed by atoms with E-state index in [2.05, 4.69) is 15.0 Å². The first-order valence-corrected chi connectivity index (χ1v) is 6.25. The van der Waals surface area contributed by atoms with Crippen molar-refractivity contribution < 1.29 is 19.7 Å². The van der Waals surface area contributed by atoms with Gasteiger partial charge in [0.05, 0.1) is 19.0 Å². The Morgan fingerprint density at radius 1 is 1.62 bits per heavy atom. The van der Waals surface area contributed by atoms with E-state index in [1.54, 1.807) is 0 Å². The zero-order chi connectivity index (χ0) is 15.4. The molecule has 0 spiro atoms. The van der Waals surface area contributed by atoms with Crippen LogP contribution in [0.25, 0.3) is 11.2 Å². The molecular weight excluding hydrogens is 285 g/mol. The minimum absolute atomic E-state index is 0.0228. The lowest BCUT2D eigenvalue weighted by molar-refractivity contribution is -0.0994. The van der Waals surface area contributed by atoms with Crippen molar-refractivity contribution in [3.05, 3.63) is 16.7 Å². The maximum Gasteiger partial charge on any atom is 0.280 e. The van der Waals surface area contributed by atoms with Gasteiger partial charge in [-0.15, -0.1) is 0 Å². The van der Waals surface area contributed by atoms with E-state index < -0.39 is 36.1 Å². The molecule has 10 heteroatoms. The predicted molar refractivity (Wildman–Crippen MR) is 69.2 cm³/mol. The molecule has 0 aliphatic heterocycles. The average molecular weight is 299 g/mol. The number of hydrogen-bond donors (Lipinski definition) is 5. The number of aliphatic hydroxyl groups is 3. The Labute approximate surface area is 116 Å². The molecule has 114 valence electrons. The van der Waals surface area contributed by atoms with Crippen LogP contribution in [0.5, 0.6) is 0 Å². The molecule has 9 nitrogen and oxygen atoms in total. The number of nitrogens with one attached hydrogen (secondary N) is 1. The fourth-order valence-corrected chi connectivity index (χ4v) is 2.70. The van der Waals surface area contributed by atoms with E-state index in [4.69, 9.17) is 10.8 Å². The Balaban J connectivity index is 2.12. The molecule has 2 heterocycles. The Bertz CT molecular complexity index is 746. The summed E-state index contributed by atoms with van der Waals surface area (Å²) >= 11 is 0. The predicted octanol–water partition coefficient (Wildman–Crippen LogP) is -1.93. The first-order valence-electron chi connectivity index (χ1n) is 6.25. The zero-order valence-corrected chi connectivity index (χ0v) is 10.8. The lowest BCUT2D eigenvalue weighted by Gasteiger charge is -2.23. The number of aromatic nitrogens is 4. The summed E-state index contributed by atoms with van der Waals surface area (Å²) in [6.07, 6.45) is -2.64. The summed E-state index contributed by atoms with van der Waals surface area (Å²) in [6, 6.07) is -1.02. The zero-order valence-electron chi connectivity index (χ0n) is 10.8. The van der Waals surface area contributed by atoms with Gasteiger partial charge < -0.3 is 25.6 Å². The van der Waals surface area contributed by atoms with Crippen molar-refractivity contribution in [1.82, 2.24) is 19.5 Å². The third-order valence-corrected chi connectivity index (χ3v) is 3.86. The number of nitrogens with zero attached hydrogens (tertiary/aromatic N) is 3. The Morgan fingerprint density at radius 3 is 2.95 bits per heavy atom. The van der Waals surface area contributed by atoms with Gasteiger partial charge in [-0.2, -0.15) is 4.98 Å². The molecule has 0 bridgehead atoms. The molecule has 2 aromatic heterocycles. The van der Waals surface area contributed by atoms with Crippen molar-refractivity contribution in [2.75, 3.05) is 12.3 Å². The number of nitrogen functional groups attached to an aromatic ring is 1. The van der Waals surface area contributed by atoms with E-state index in [1.165, 1.54) is 10.9 Å². The van der Waals surface area contributed by atoms with E-state index in [0.717, 1.165) is 0 Å². The van der Waals surface area contributed by atoms with Gasteiger partial charge in [-0.25, -0.2) is 9.37 Å². The molecule has 0 radical (unpaired) electrons. The number of anilines is 1. The van der Waals surface area contributed by atoms with Gasteiger partial charge in [0.2, 0.25) is 5.95 Å². The van der Waals surface area contributed by atoms with Crippen molar-refractivity contribution in [3.63, 3.8) is 0 Å². The summed E-state index contributed by atoms with van der Waals surface area (Å²) in [4.78, 5) is 21.7. The van der Waals surface area contributed by atoms with Crippen LogP contribution in [0.2, 0.25) is 0 Å². The van der Waals surface area contributed by atoms with Gasteiger partial charge in [-0.3, -0.25) is 9.78 Å². The van der Waals surface area contributed by atoms with Crippen molar-refractivity contribution in [1.29, 1.82) is 0 Å². The molecule has 2 aromatic rings. The third-order valence-electron chi connectivity index (χ3n) is 3.86. The summed E-state index contributed by atoms with van der Waals surface area (Å²) in [5, 5.41) is 28.9. The number of H-pyrrole nitrogens is 1. The standard InChI is InChI=1S/C11H14FN5O4/c12-5-4(1-11(21,2-18)7(5)19)17-3-14-6-8(17)15-10(13)16-9(6)20/h3-5,7,18-19,21H,1-2H2,(H3,13,15,16,20)/t4-,5-,7+,11-/m1/s1. The summed E-state index contributed by atoms with van der Waals surface area (Å²) < 4.78 is 15.5. The lowest BCUT2D eigenvalue weighted by atomic mass is 10.0. The number of halogens is 1. The van der Waals surface area contributed by atoms with Gasteiger partial charge >= 0.3 is 0 Å². The van der Waals surface area contributed by atoms with E-state index >= 15 is 0 Å². The van der Waals surface area contributed by atoms with Crippen LogP contribution in [0.3, 0.4) is 0 Å². The highest BCUT2D eigenvalue weighted by Gasteiger charge is 2.53. The molecule has 0 saturated heterocycles. The molecule has 0 unspecified atom stereocenters. The van der Waals surface area contributed by atoms with Gasteiger partial charge in [-0.05, 0) is 0 Å². The van der Waals surface area contributed by atoms with E-state index in [1.807, 2.05) is 0 Å². The largest absolute Gasteiger partial charge is 0.393 e. The number of alkyl halides is 1. The average Bonchev–Trinajstić information content (AvgIpc) is 2.95. The summed E-state index contributed by atoms with van der Waals surface area (Å²) in [5.41, 5.74) is 2.97. The number of nitrogens with two attached hydrogens (primary N) is 1. The second-order valence-corrected chi connectivity index (χ2v) is 5.20. The number of aromatic amines is 1. The molecule has 0 aromatic carbocycles. The molecule has 3 rings (SSSR count). The van der Waals surface area contributed by atoms with Crippen LogP contribution in [0.15, 0.2) is 11.1 Å². The Kier molecular flexibility index (Phi) is 2.97. The minimum Gasteiger partial charge on any atom is -0.393 e. The number of imidazole rings is 1. The summed E-state index contributed by atoms with van der Waals surface area (Å²) in [5.74, 6) is -0.152. The fourth-order valence-electron chi connectivity index (χ4n) is 2.70. The molecule has 6 N–H and O–H groups in total. The van der Waals surface area contributed by atoms with Crippen LogP contribution in [-0.2, 0) is 0 Å². The van der Waals surface area contributed by atoms with Gasteiger partial charge in [0, 0.05) is 6.42 Å². The van der Waals surface area contributed by atoms with Crippen molar-refractivity contribution in [3.8, 4) is 0 Å². The van der Waals surface area contributed by atoms with Gasteiger partial charge in [0.15, 0.2) is 11.2 Å². The highest BCUT2D eigenvalue weighted by molar-refractivity contribution is 5.70. The number of aliphatic hydroxyl groups excluding tert-OH is 2. The van der Waals surface area contributed by atoms with Gasteiger partial charge in [0.1, 0.15) is 17.9 Å². The normalized spacial score (nSPS) is 32.9. The molecular formula is C11H14FN5O4. The number of hydrogen-bond acceptors (Lipinski definition) is 7. The van der Waals surface area contributed by atoms with Crippen LogP contribution < -0.4 is 11.3 Å². The maximum absolute atomic E-state index is 14.2. The van der Waals surface area contributed by atoms with E-state index in [-0.39, 0.29) is 23.5 Å². The van der Waals surface area contributed by atoms with E-state index in [0.29, 0.717) is 0 Å². The number of fused-ring (bicyclic) bond motifs is 1. The highest BCUT2D eigenvalue weighted by atomic mass is 19.1. The first-order chi connectivity index (χ1) is 9.87. The van der Waals surface area contributed by atoms with Gasteiger partial charge in [-0.1, -0.05) is 0 Å². The SMILES string of the molecule is Nc1nc2c(ncn2[C@@H]2C[C@@](O)(CO)[C@@H](O)[C@@H]2F)c(=O)[nH]1. The van der Waals surface area contributed by atoms with Crippen LogP contribution in [0.4, 0.5) is 10.3 Å². The van der Waals surface area contributed by atoms with Crippen LogP contribution in [0.1, 0.15) is 12.5 Å². The lowest BCUT2D eigenvalue weighted by Crippen LogP contribution is -2.44. The Hall–Kier alpha value is -2.04. The second-order valence-electron chi connectivity index (χ2n) is 5.20. The molecule has 1 aliphatic carbocycles. The molecule has 0 amide bonds. The summed E-state index contributed by atoms with van der Waals surface area (Å²) in [7, 11) is 0. The Morgan fingerprint density at radius 2 is 2.33 bits per heavy atom. The molecule has 4 atom stereocenters. The maximum atomic E-state index is 14.2. The topological polar surface area (TPSA) is 150 Å². The summed E-state index contributed by atoms with van der Waals surface area (Å²) in [6.45, 7) is -0.784. The smallest absolute Gasteiger partial charge is 0.280 e. The van der Waals surface area contributed by atoms with Crippen LogP contribution in [-0.4, -0.2) is 59.3 Å². The molecule has 1 aliphatic rings. The van der Waals surface area contributed by atoms with E-state index in [9.17, 15) is 19.4 Å².